The largest absolute Gasteiger partial charge is 0.411 e. The van der Waals surface area contributed by atoms with Crippen LogP contribution in [0.5, 0.6) is 0 Å². The molecule has 0 saturated carbocycles. The van der Waals surface area contributed by atoms with Gasteiger partial charge in [0.1, 0.15) is 0 Å². The molecule has 2 aromatic rings. The lowest BCUT2D eigenvalue weighted by atomic mass is 9.98. The first kappa shape index (κ1) is 27.8. The molecule has 0 unspecified atom stereocenters. The molecule has 0 atom stereocenters. The van der Waals surface area contributed by atoms with Crippen LogP contribution in [0.4, 0.5) is 0 Å². The van der Waals surface area contributed by atoms with Crippen molar-refractivity contribution in [3.63, 3.8) is 0 Å². The SMILES string of the molecule is ON=C(CCCN1CCOCC1)Cc1ccc2c(c1)Cc1cc(CC(CCCN3CCOCC3)=NO)ccc1-2. The predicted molar refractivity (Wildman–Crippen MR) is 154 cm³/mol. The van der Waals surface area contributed by atoms with Gasteiger partial charge in [0.05, 0.1) is 37.9 Å². The molecule has 2 aromatic carbocycles. The minimum absolute atomic E-state index is 0.676. The number of rotatable bonds is 12. The van der Waals surface area contributed by atoms with Gasteiger partial charge in [-0.15, -0.1) is 0 Å². The van der Waals surface area contributed by atoms with Crippen molar-refractivity contribution in [3.8, 4) is 11.1 Å². The Morgan fingerprint density at radius 1 is 0.667 bits per heavy atom. The van der Waals surface area contributed by atoms with Gasteiger partial charge in [-0.2, -0.15) is 0 Å². The standard InChI is InChI=1S/C31H42N4O4/c36-32-28(3-1-9-34-11-15-38-16-12-34)21-24-5-7-30-26(19-24)23-27-20-25(6-8-31(27)30)22-29(33-37)4-2-10-35-13-17-39-18-14-35/h5-8,19-20,36-37H,1-4,9-18,21-23H2. The molecule has 0 spiro atoms. The summed E-state index contributed by atoms with van der Waals surface area (Å²) in [5, 5.41) is 26.5. The maximum Gasteiger partial charge on any atom is 0.0615 e. The summed E-state index contributed by atoms with van der Waals surface area (Å²) in [4.78, 5) is 4.83. The van der Waals surface area contributed by atoms with Gasteiger partial charge in [0, 0.05) is 39.0 Å². The molecule has 2 aliphatic heterocycles. The number of ether oxygens (including phenoxy) is 2. The Balaban J connectivity index is 1.13. The van der Waals surface area contributed by atoms with Crippen LogP contribution in [0.25, 0.3) is 11.1 Å². The van der Waals surface area contributed by atoms with Crippen LogP contribution in [-0.2, 0) is 28.7 Å². The first-order chi connectivity index (χ1) is 19.2. The fourth-order valence-corrected chi connectivity index (χ4v) is 6.02. The van der Waals surface area contributed by atoms with E-state index in [4.69, 9.17) is 9.47 Å². The normalized spacial score (nSPS) is 18.8. The molecule has 0 radical (unpaired) electrons. The number of hydrogen-bond donors (Lipinski definition) is 2. The molecule has 0 bridgehead atoms. The molecule has 2 saturated heterocycles. The van der Waals surface area contributed by atoms with E-state index in [0.717, 1.165) is 109 Å². The summed E-state index contributed by atoms with van der Waals surface area (Å²) in [6, 6.07) is 13.3. The summed E-state index contributed by atoms with van der Waals surface area (Å²) in [7, 11) is 0. The monoisotopic (exact) mass is 534 g/mol. The van der Waals surface area contributed by atoms with E-state index in [9.17, 15) is 10.4 Å². The van der Waals surface area contributed by atoms with E-state index in [2.05, 4.69) is 56.5 Å². The second-order valence-corrected chi connectivity index (χ2v) is 11.0. The quantitative estimate of drug-likeness (QED) is 0.205. The third-order valence-electron chi connectivity index (χ3n) is 8.20. The highest BCUT2D eigenvalue weighted by atomic mass is 16.5. The predicted octanol–water partition coefficient (Wildman–Crippen LogP) is 4.23. The molecular weight excluding hydrogens is 492 g/mol. The van der Waals surface area contributed by atoms with Gasteiger partial charge < -0.3 is 19.9 Å². The van der Waals surface area contributed by atoms with Gasteiger partial charge in [0.15, 0.2) is 0 Å². The maximum absolute atomic E-state index is 9.62. The fourth-order valence-electron chi connectivity index (χ4n) is 6.02. The number of fused-ring (bicyclic) bond motifs is 3. The molecule has 0 amide bonds. The summed E-state index contributed by atoms with van der Waals surface area (Å²) in [6.45, 7) is 9.22. The van der Waals surface area contributed by atoms with Crippen LogP contribution in [0, 0.1) is 0 Å². The molecule has 210 valence electrons. The summed E-state index contributed by atoms with van der Waals surface area (Å²) in [5.41, 5.74) is 9.29. The molecule has 2 heterocycles. The van der Waals surface area contributed by atoms with Gasteiger partial charge in [0.25, 0.3) is 0 Å². The van der Waals surface area contributed by atoms with Crippen LogP contribution >= 0.6 is 0 Å². The van der Waals surface area contributed by atoms with Gasteiger partial charge in [-0.3, -0.25) is 9.80 Å². The van der Waals surface area contributed by atoms with Gasteiger partial charge in [-0.05, 0) is 78.6 Å². The van der Waals surface area contributed by atoms with Crippen LogP contribution in [-0.4, -0.2) is 97.3 Å². The number of benzene rings is 2. The van der Waals surface area contributed by atoms with Crippen LogP contribution in [0.15, 0.2) is 46.7 Å². The van der Waals surface area contributed by atoms with Crippen LogP contribution in [0.2, 0.25) is 0 Å². The van der Waals surface area contributed by atoms with Crippen LogP contribution < -0.4 is 0 Å². The number of hydrogen-bond acceptors (Lipinski definition) is 8. The Morgan fingerprint density at radius 2 is 1.10 bits per heavy atom. The highest BCUT2D eigenvalue weighted by Gasteiger charge is 2.20. The highest BCUT2D eigenvalue weighted by molar-refractivity contribution is 5.87. The van der Waals surface area contributed by atoms with Crippen molar-refractivity contribution in [2.75, 3.05) is 65.7 Å². The third-order valence-corrected chi connectivity index (χ3v) is 8.20. The fraction of sp³-hybridized carbons (Fsp3) is 0.548. The second kappa shape index (κ2) is 14.0. The van der Waals surface area contributed by atoms with Crippen molar-refractivity contribution in [1.29, 1.82) is 0 Å². The van der Waals surface area contributed by atoms with Crippen LogP contribution in [0.1, 0.15) is 47.9 Å². The van der Waals surface area contributed by atoms with E-state index in [1.165, 1.54) is 33.4 Å². The van der Waals surface area contributed by atoms with E-state index < -0.39 is 0 Å². The maximum atomic E-state index is 9.62. The van der Waals surface area contributed by atoms with Crippen molar-refractivity contribution >= 4 is 11.4 Å². The molecule has 3 aliphatic rings. The smallest absolute Gasteiger partial charge is 0.0615 e. The molecular formula is C31H42N4O4. The van der Waals surface area contributed by atoms with E-state index in [1.54, 1.807) is 0 Å². The zero-order valence-corrected chi connectivity index (χ0v) is 23.0. The number of nitrogens with zero attached hydrogens (tertiary/aromatic N) is 4. The van der Waals surface area contributed by atoms with E-state index >= 15 is 0 Å². The Bertz CT molecular complexity index is 1060. The topological polar surface area (TPSA) is 90.1 Å². The third kappa shape index (κ3) is 7.66. The lowest BCUT2D eigenvalue weighted by molar-refractivity contribution is 0.0376. The van der Waals surface area contributed by atoms with Gasteiger partial charge in [-0.1, -0.05) is 46.7 Å². The van der Waals surface area contributed by atoms with E-state index in [0.29, 0.717) is 12.8 Å². The minimum Gasteiger partial charge on any atom is -0.411 e. The first-order valence-corrected chi connectivity index (χ1v) is 14.5. The van der Waals surface area contributed by atoms with Crippen molar-refractivity contribution in [3.05, 3.63) is 58.7 Å². The van der Waals surface area contributed by atoms with Gasteiger partial charge in [-0.25, -0.2) is 0 Å². The van der Waals surface area contributed by atoms with E-state index in [-0.39, 0.29) is 0 Å². The zero-order valence-electron chi connectivity index (χ0n) is 23.0. The van der Waals surface area contributed by atoms with Gasteiger partial charge >= 0.3 is 0 Å². The second-order valence-electron chi connectivity index (χ2n) is 11.0. The average molecular weight is 535 g/mol. The Hall–Kier alpha value is -2.78. The lowest BCUT2D eigenvalue weighted by Crippen LogP contribution is -2.37. The van der Waals surface area contributed by atoms with Crippen molar-refractivity contribution in [1.82, 2.24) is 9.80 Å². The molecule has 2 fully saturated rings. The molecule has 5 rings (SSSR count). The van der Waals surface area contributed by atoms with E-state index in [1.807, 2.05) is 0 Å². The molecule has 39 heavy (non-hydrogen) atoms. The average Bonchev–Trinajstić information content (AvgIpc) is 3.34. The number of morpholine rings is 2. The summed E-state index contributed by atoms with van der Waals surface area (Å²) in [6.07, 6.45) is 5.84. The zero-order chi connectivity index (χ0) is 26.9. The van der Waals surface area contributed by atoms with Crippen LogP contribution in [0.3, 0.4) is 0 Å². The Morgan fingerprint density at radius 3 is 1.51 bits per heavy atom. The highest BCUT2D eigenvalue weighted by Crippen LogP contribution is 2.37. The lowest BCUT2D eigenvalue weighted by Gasteiger charge is -2.26. The van der Waals surface area contributed by atoms with Crippen molar-refractivity contribution in [2.45, 2.75) is 44.9 Å². The first-order valence-electron chi connectivity index (χ1n) is 14.5. The van der Waals surface area contributed by atoms with Gasteiger partial charge in [0.2, 0.25) is 0 Å². The summed E-state index contributed by atoms with van der Waals surface area (Å²) in [5.74, 6) is 0. The number of oxime groups is 2. The van der Waals surface area contributed by atoms with Crippen molar-refractivity contribution in [2.24, 2.45) is 10.3 Å². The van der Waals surface area contributed by atoms with Crippen molar-refractivity contribution < 1.29 is 19.9 Å². The Kier molecular flexibility index (Phi) is 9.99. The molecule has 8 heteroatoms. The summed E-state index contributed by atoms with van der Waals surface area (Å²) < 4.78 is 10.8. The molecule has 2 N–H and O–H groups in total. The minimum atomic E-state index is 0.676. The molecule has 8 nitrogen and oxygen atoms in total. The molecule has 0 aromatic heterocycles. The molecule has 1 aliphatic carbocycles. The Labute approximate surface area is 231 Å². The summed E-state index contributed by atoms with van der Waals surface area (Å²) >= 11 is 0.